The van der Waals surface area contributed by atoms with Gasteiger partial charge in [0.2, 0.25) is 0 Å². The number of fused-ring (bicyclic) bond motifs is 1. The van der Waals surface area contributed by atoms with Crippen molar-refractivity contribution in [3.63, 3.8) is 0 Å². The van der Waals surface area contributed by atoms with Crippen LogP contribution in [0.3, 0.4) is 0 Å². The summed E-state index contributed by atoms with van der Waals surface area (Å²) in [5.74, 6) is 0.597. The number of nitrogens with zero attached hydrogens (tertiary/aromatic N) is 2. The first kappa shape index (κ1) is 12.7. The van der Waals surface area contributed by atoms with Gasteiger partial charge in [-0.15, -0.1) is 0 Å². The number of hydrogen-bond acceptors (Lipinski definition) is 3. The van der Waals surface area contributed by atoms with E-state index < -0.39 is 0 Å². The van der Waals surface area contributed by atoms with Gasteiger partial charge in [-0.05, 0) is 31.0 Å². The Morgan fingerprint density at radius 1 is 1.10 bits per heavy atom. The summed E-state index contributed by atoms with van der Waals surface area (Å²) in [5, 5.41) is 0. The highest BCUT2D eigenvalue weighted by Crippen LogP contribution is 2.34. The second kappa shape index (κ2) is 5.00. The summed E-state index contributed by atoms with van der Waals surface area (Å²) in [6.45, 7) is 5.10. The van der Waals surface area contributed by atoms with Crippen LogP contribution in [0.1, 0.15) is 29.7 Å². The molecule has 0 aliphatic carbocycles. The van der Waals surface area contributed by atoms with E-state index in [0.717, 1.165) is 12.2 Å². The third-order valence-electron chi connectivity index (χ3n) is 3.99. The molecule has 20 heavy (non-hydrogen) atoms. The molecule has 1 aliphatic rings. The Morgan fingerprint density at radius 2 is 1.80 bits per heavy atom. The average Bonchev–Trinajstić information content (AvgIpc) is 2.45. The number of rotatable bonds is 2. The highest BCUT2D eigenvalue weighted by Gasteiger charge is 2.25. The molecule has 0 saturated heterocycles. The summed E-state index contributed by atoms with van der Waals surface area (Å²) in [7, 11) is 0. The monoisotopic (exact) mass is 265 g/mol. The number of para-hydroxylation sites is 1. The van der Waals surface area contributed by atoms with Crippen molar-refractivity contribution in [3.05, 3.63) is 65.2 Å². The van der Waals surface area contributed by atoms with Gasteiger partial charge in [-0.25, -0.2) is 4.99 Å². The summed E-state index contributed by atoms with van der Waals surface area (Å²) in [6.07, 6.45) is 0. The minimum Gasteiger partial charge on any atom is -0.369 e. The van der Waals surface area contributed by atoms with Gasteiger partial charge >= 0.3 is 0 Å². The first-order valence-electron chi connectivity index (χ1n) is 6.91. The molecule has 2 N–H and O–H groups in total. The lowest BCUT2D eigenvalue weighted by Crippen LogP contribution is -2.40. The van der Waals surface area contributed by atoms with Crippen molar-refractivity contribution in [1.29, 1.82) is 0 Å². The molecule has 0 fully saturated rings. The molecule has 1 heterocycles. The Morgan fingerprint density at radius 3 is 2.60 bits per heavy atom. The summed E-state index contributed by atoms with van der Waals surface area (Å²) >= 11 is 0. The van der Waals surface area contributed by atoms with E-state index in [1.165, 1.54) is 16.7 Å². The van der Waals surface area contributed by atoms with Crippen molar-refractivity contribution < 1.29 is 0 Å². The van der Waals surface area contributed by atoms with Gasteiger partial charge in [-0.3, -0.25) is 0 Å². The Kier molecular flexibility index (Phi) is 3.18. The molecule has 0 radical (unpaired) electrons. The zero-order valence-electron chi connectivity index (χ0n) is 11.9. The molecule has 2 aromatic rings. The Hall–Kier alpha value is -2.29. The van der Waals surface area contributed by atoms with Crippen molar-refractivity contribution in [3.8, 4) is 0 Å². The molecule has 0 bridgehead atoms. The fraction of sp³-hybridized carbons (Fsp3) is 0.235. The van der Waals surface area contributed by atoms with Gasteiger partial charge in [0.15, 0.2) is 5.96 Å². The number of nitrogens with two attached hydrogens (primary N) is 1. The van der Waals surface area contributed by atoms with Gasteiger partial charge in [0.25, 0.3) is 0 Å². The van der Waals surface area contributed by atoms with E-state index in [9.17, 15) is 0 Å². The minimum atomic E-state index is 0.239. The molecule has 3 heteroatoms. The van der Waals surface area contributed by atoms with Gasteiger partial charge in [-0.2, -0.15) is 0 Å². The van der Waals surface area contributed by atoms with E-state index >= 15 is 0 Å². The first-order chi connectivity index (χ1) is 9.66. The normalized spacial score (nSPS) is 17.6. The maximum atomic E-state index is 6.16. The summed E-state index contributed by atoms with van der Waals surface area (Å²) in [4.78, 5) is 6.68. The van der Waals surface area contributed by atoms with Crippen molar-refractivity contribution in [2.24, 2.45) is 10.7 Å². The van der Waals surface area contributed by atoms with Crippen molar-refractivity contribution >= 4 is 11.6 Å². The second-order valence-corrected chi connectivity index (χ2v) is 5.26. The molecular weight excluding hydrogens is 246 g/mol. The van der Waals surface area contributed by atoms with E-state index in [1.54, 1.807) is 0 Å². The van der Waals surface area contributed by atoms with Crippen LogP contribution in [0, 0.1) is 6.92 Å². The van der Waals surface area contributed by atoms with E-state index in [2.05, 4.69) is 60.1 Å². The first-order valence-corrected chi connectivity index (χ1v) is 6.91. The molecule has 0 aromatic heterocycles. The van der Waals surface area contributed by atoms with Crippen LogP contribution in [0.25, 0.3) is 0 Å². The largest absolute Gasteiger partial charge is 0.369 e. The molecule has 0 amide bonds. The standard InChI is InChI=1S/C17H19N3/c1-12-7-3-4-8-14(12)11-20-13(2)15-9-5-6-10-16(15)19-17(20)18/h3-10,13H,11H2,1-2H3,(H2,18,19). The van der Waals surface area contributed by atoms with Crippen LogP contribution in [-0.2, 0) is 6.54 Å². The Labute approximate surface area is 119 Å². The molecule has 102 valence electrons. The number of guanidine groups is 1. The molecule has 2 aromatic carbocycles. The summed E-state index contributed by atoms with van der Waals surface area (Å²) in [5.41, 5.74) is 10.9. The maximum absolute atomic E-state index is 6.16. The molecule has 1 atom stereocenters. The van der Waals surface area contributed by atoms with Crippen LogP contribution in [-0.4, -0.2) is 10.9 Å². The molecule has 1 unspecified atom stereocenters. The smallest absolute Gasteiger partial charge is 0.197 e. The SMILES string of the molecule is Cc1ccccc1CN1C(N)=Nc2ccccc2C1C. The highest BCUT2D eigenvalue weighted by atomic mass is 15.3. The quantitative estimate of drug-likeness (QED) is 0.902. The van der Waals surface area contributed by atoms with Gasteiger partial charge < -0.3 is 10.6 Å². The number of aliphatic imine (C=N–C) groups is 1. The third-order valence-corrected chi connectivity index (χ3v) is 3.99. The van der Waals surface area contributed by atoms with E-state index in [1.807, 2.05) is 12.1 Å². The van der Waals surface area contributed by atoms with E-state index in [-0.39, 0.29) is 6.04 Å². The Balaban J connectivity index is 1.94. The zero-order chi connectivity index (χ0) is 14.1. The van der Waals surface area contributed by atoms with Crippen LogP contribution in [0.2, 0.25) is 0 Å². The molecule has 3 nitrogen and oxygen atoms in total. The Bertz CT molecular complexity index is 661. The van der Waals surface area contributed by atoms with E-state index in [0.29, 0.717) is 5.96 Å². The molecule has 1 aliphatic heterocycles. The number of hydrogen-bond donors (Lipinski definition) is 1. The van der Waals surface area contributed by atoms with E-state index in [4.69, 9.17) is 5.73 Å². The summed E-state index contributed by atoms with van der Waals surface area (Å²) < 4.78 is 0. The lowest BCUT2D eigenvalue weighted by Gasteiger charge is -2.34. The third kappa shape index (κ3) is 2.16. The highest BCUT2D eigenvalue weighted by molar-refractivity contribution is 5.84. The maximum Gasteiger partial charge on any atom is 0.197 e. The fourth-order valence-electron chi connectivity index (χ4n) is 2.69. The lowest BCUT2D eigenvalue weighted by atomic mass is 10.0. The van der Waals surface area contributed by atoms with Crippen LogP contribution < -0.4 is 5.73 Å². The van der Waals surface area contributed by atoms with Crippen molar-refractivity contribution in [2.45, 2.75) is 26.4 Å². The summed E-state index contributed by atoms with van der Waals surface area (Å²) in [6, 6.07) is 16.8. The van der Waals surface area contributed by atoms with Crippen molar-refractivity contribution in [2.75, 3.05) is 0 Å². The van der Waals surface area contributed by atoms with Gasteiger partial charge in [-0.1, -0.05) is 42.5 Å². The lowest BCUT2D eigenvalue weighted by molar-refractivity contribution is 0.320. The molecule has 3 rings (SSSR count). The number of benzene rings is 2. The van der Waals surface area contributed by atoms with Crippen LogP contribution in [0.5, 0.6) is 0 Å². The van der Waals surface area contributed by atoms with Crippen molar-refractivity contribution in [1.82, 2.24) is 4.90 Å². The van der Waals surface area contributed by atoms with Crippen LogP contribution in [0.4, 0.5) is 5.69 Å². The van der Waals surface area contributed by atoms with Crippen LogP contribution >= 0.6 is 0 Å². The predicted octanol–water partition coefficient (Wildman–Crippen LogP) is 3.52. The molecule has 0 saturated carbocycles. The second-order valence-electron chi connectivity index (χ2n) is 5.26. The zero-order valence-corrected chi connectivity index (χ0v) is 11.9. The topological polar surface area (TPSA) is 41.6 Å². The van der Waals surface area contributed by atoms with Gasteiger partial charge in [0, 0.05) is 12.1 Å². The van der Waals surface area contributed by atoms with Gasteiger partial charge in [0.05, 0.1) is 11.7 Å². The molecular formula is C17H19N3. The number of aryl methyl sites for hydroxylation is 1. The average molecular weight is 265 g/mol. The predicted molar refractivity (Wildman–Crippen MR) is 82.9 cm³/mol. The van der Waals surface area contributed by atoms with Gasteiger partial charge in [0.1, 0.15) is 0 Å². The molecule has 0 spiro atoms. The minimum absolute atomic E-state index is 0.239. The fourth-order valence-corrected chi connectivity index (χ4v) is 2.69. The van der Waals surface area contributed by atoms with Crippen LogP contribution in [0.15, 0.2) is 53.5 Å².